The molecule has 5 aromatic rings. The maximum Gasteiger partial charge on any atom is 0.336 e. The highest BCUT2D eigenvalue weighted by molar-refractivity contribution is 7.98. The third kappa shape index (κ3) is 2.83. The Morgan fingerprint density at radius 1 is 1.15 bits per heavy atom. The first-order valence-corrected chi connectivity index (χ1v) is 10.4. The highest BCUT2D eigenvalue weighted by atomic mass is 32.2. The summed E-state index contributed by atoms with van der Waals surface area (Å²) in [6.45, 7) is 2.08. The van der Waals surface area contributed by atoms with E-state index in [0.717, 1.165) is 38.6 Å². The van der Waals surface area contributed by atoms with Gasteiger partial charge in [-0.2, -0.15) is 0 Å². The largest absolute Gasteiger partial charge is 0.423 e. The van der Waals surface area contributed by atoms with Gasteiger partial charge in [0.2, 0.25) is 4.96 Å². The molecule has 0 saturated heterocycles. The first kappa shape index (κ1) is 16.5. The van der Waals surface area contributed by atoms with Crippen LogP contribution in [-0.4, -0.2) is 14.6 Å². The zero-order chi connectivity index (χ0) is 18.4. The molecular formula is C20H15N3O2S2. The Morgan fingerprint density at radius 2 is 2.04 bits per heavy atom. The van der Waals surface area contributed by atoms with E-state index < -0.39 is 0 Å². The van der Waals surface area contributed by atoms with E-state index in [1.807, 2.05) is 24.3 Å². The molecule has 0 aliphatic heterocycles. The predicted molar refractivity (Wildman–Crippen MR) is 110 cm³/mol. The predicted octanol–water partition coefficient (Wildman–Crippen LogP) is 4.91. The number of hydrogen-bond acceptors (Lipinski definition) is 6. The van der Waals surface area contributed by atoms with E-state index in [9.17, 15) is 4.79 Å². The Hall–Kier alpha value is -2.64. The van der Waals surface area contributed by atoms with Gasteiger partial charge in [-0.05, 0) is 35.7 Å². The third-order valence-electron chi connectivity index (χ3n) is 4.57. The molecule has 0 fully saturated rings. The molecule has 0 bridgehead atoms. The zero-order valence-electron chi connectivity index (χ0n) is 14.5. The Bertz CT molecular complexity index is 1350. The molecule has 3 heterocycles. The second-order valence-corrected chi connectivity index (χ2v) is 8.19. The quantitative estimate of drug-likeness (QED) is 0.321. The molecule has 0 atom stereocenters. The van der Waals surface area contributed by atoms with Crippen LogP contribution in [0.25, 0.3) is 26.1 Å². The average molecular weight is 393 g/mol. The molecule has 2 aromatic carbocycles. The molecule has 0 radical (unpaired) electrons. The lowest BCUT2D eigenvalue weighted by molar-refractivity contribution is 0.559. The molecule has 0 unspecified atom stereocenters. The maximum atomic E-state index is 12.0. The van der Waals surface area contributed by atoms with Crippen molar-refractivity contribution in [3.8, 4) is 0 Å². The molecule has 0 N–H and O–H groups in total. The minimum atomic E-state index is -0.321. The van der Waals surface area contributed by atoms with Gasteiger partial charge in [-0.1, -0.05) is 54.3 Å². The highest BCUT2D eigenvalue weighted by Gasteiger charge is 2.14. The molecule has 0 aliphatic carbocycles. The van der Waals surface area contributed by atoms with Crippen molar-refractivity contribution in [3.63, 3.8) is 0 Å². The van der Waals surface area contributed by atoms with Gasteiger partial charge in [0, 0.05) is 17.2 Å². The van der Waals surface area contributed by atoms with Gasteiger partial charge < -0.3 is 4.42 Å². The normalized spacial score (nSPS) is 11.7. The highest BCUT2D eigenvalue weighted by Crippen LogP contribution is 2.31. The summed E-state index contributed by atoms with van der Waals surface area (Å²) in [5, 5.41) is 10.4. The van der Waals surface area contributed by atoms with Crippen molar-refractivity contribution in [2.45, 2.75) is 24.3 Å². The van der Waals surface area contributed by atoms with Gasteiger partial charge in [-0.25, -0.2) is 4.79 Å². The Balaban J connectivity index is 1.55. The minimum Gasteiger partial charge on any atom is -0.423 e. The van der Waals surface area contributed by atoms with Crippen LogP contribution in [0.5, 0.6) is 0 Å². The van der Waals surface area contributed by atoms with E-state index >= 15 is 0 Å². The zero-order valence-corrected chi connectivity index (χ0v) is 16.1. The van der Waals surface area contributed by atoms with E-state index in [1.165, 1.54) is 4.70 Å². The summed E-state index contributed by atoms with van der Waals surface area (Å²) in [5.74, 6) is 0.624. The van der Waals surface area contributed by atoms with Crippen LogP contribution in [0.3, 0.4) is 0 Å². The van der Waals surface area contributed by atoms with Crippen LogP contribution in [0, 0.1) is 0 Å². The Kier molecular flexibility index (Phi) is 3.98. The van der Waals surface area contributed by atoms with E-state index in [0.29, 0.717) is 11.3 Å². The summed E-state index contributed by atoms with van der Waals surface area (Å²) in [4.78, 5) is 12.9. The fourth-order valence-corrected chi connectivity index (χ4v) is 5.16. The Labute approximate surface area is 162 Å². The van der Waals surface area contributed by atoms with Crippen LogP contribution in [0.4, 0.5) is 0 Å². The molecular weight excluding hydrogens is 378 g/mol. The van der Waals surface area contributed by atoms with E-state index in [-0.39, 0.29) is 5.63 Å². The van der Waals surface area contributed by atoms with Crippen molar-refractivity contribution in [3.05, 3.63) is 70.1 Å². The van der Waals surface area contributed by atoms with Crippen LogP contribution in [0.2, 0.25) is 0 Å². The van der Waals surface area contributed by atoms with E-state index in [1.54, 1.807) is 29.2 Å². The number of thiazole rings is 1. The molecule has 0 amide bonds. The van der Waals surface area contributed by atoms with E-state index in [4.69, 9.17) is 4.42 Å². The van der Waals surface area contributed by atoms with Gasteiger partial charge in [-0.3, -0.25) is 4.40 Å². The fourth-order valence-electron chi connectivity index (χ4n) is 3.20. The van der Waals surface area contributed by atoms with Crippen LogP contribution in [0.15, 0.2) is 62.9 Å². The van der Waals surface area contributed by atoms with Crippen molar-refractivity contribution >= 4 is 49.2 Å². The second kappa shape index (κ2) is 6.51. The molecule has 3 aromatic heterocycles. The van der Waals surface area contributed by atoms with Gasteiger partial charge in [0.25, 0.3) is 0 Å². The number of fused-ring (bicyclic) bond motifs is 4. The van der Waals surface area contributed by atoms with Gasteiger partial charge in [0.15, 0.2) is 5.16 Å². The lowest BCUT2D eigenvalue weighted by Crippen LogP contribution is -2.00. The summed E-state index contributed by atoms with van der Waals surface area (Å²) < 4.78 is 8.66. The molecule has 5 nitrogen and oxygen atoms in total. The summed E-state index contributed by atoms with van der Waals surface area (Å²) in [5.41, 5.74) is 3.53. The molecule has 0 spiro atoms. The van der Waals surface area contributed by atoms with Gasteiger partial charge >= 0.3 is 5.63 Å². The number of hydrogen-bond donors (Lipinski definition) is 0. The number of rotatable bonds is 4. The molecule has 0 aliphatic rings. The fraction of sp³-hybridized carbons (Fsp3) is 0.150. The lowest BCUT2D eigenvalue weighted by Gasteiger charge is -2.06. The van der Waals surface area contributed by atoms with Gasteiger partial charge in [0.05, 0.1) is 10.2 Å². The smallest absolute Gasteiger partial charge is 0.336 e. The minimum absolute atomic E-state index is 0.321. The monoisotopic (exact) mass is 393 g/mol. The first-order valence-electron chi connectivity index (χ1n) is 8.64. The molecule has 27 heavy (non-hydrogen) atoms. The summed E-state index contributed by atoms with van der Waals surface area (Å²) >= 11 is 3.20. The van der Waals surface area contributed by atoms with Gasteiger partial charge in [-0.15, -0.1) is 10.2 Å². The Morgan fingerprint density at radius 3 is 2.93 bits per heavy atom. The third-order valence-corrected chi connectivity index (χ3v) is 6.56. The van der Waals surface area contributed by atoms with Crippen molar-refractivity contribution in [2.75, 3.05) is 0 Å². The van der Waals surface area contributed by atoms with Crippen LogP contribution in [-0.2, 0) is 12.2 Å². The topological polar surface area (TPSA) is 60.4 Å². The molecule has 5 rings (SSSR count). The second-order valence-electron chi connectivity index (χ2n) is 6.23. The van der Waals surface area contributed by atoms with Crippen molar-refractivity contribution in [1.82, 2.24) is 14.6 Å². The molecule has 7 heteroatoms. The van der Waals surface area contributed by atoms with Gasteiger partial charge in [0.1, 0.15) is 5.58 Å². The molecule has 0 saturated carbocycles. The maximum absolute atomic E-state index is 12.0. The van der Waals surface area contributed by atoms with Crippen LogP contribution in [0.1, 0.15) is 18.1 Å². The SMILES string of the molecule is CCc1ccc2c(CSc3nnc4sc5ccccc5n34)cc(=O)oc2c1. The average Bonchev–Trinajstić information content (AvgIpc) is 3.24. The lowest BCUT2D eigenvalue weighted by atomic mass is 10.1. The molecule has 134 valence electrons. The number of aryl methyl sites for hydroxylation is 1. The summed E-state index contributed by atoms with van der Waals surface area (Å²) in [6, 6.07) is 15.8. The number of thioether (sulfide) groups is 1. The standard InChI is InChI=1S/C20H15N3O2S2/c1-2-12-7-8-14-13(10-18(24)25-16(14)9-12)11-26-19-21-22-20-23(19)15-5-3-4-6-17(15)27-20/h3-10H,2,11H2,1H3. The number of benzene rings is 2. The van der Waals surface area contributed by atoms with E-state index in [2.05, 4.69) is 39.7 Å². The van der Waals surface area contributed by atoms with Crippen molar-refractivity contribution < 1.29 is 4.42 Å². The summed E-state index contributed by atoms with van der Waals surface area (Å²) in [6.07, 6.45) is 0.904. The number of para-hydroxylation sites is 1. The first-order chi connectivity index (χ1) is 13.2. The van der Waals surface area contributed by atoms with Crippen LogP contribution >= 0.6 is 23.1 Å². The number of nitrogens with zero attached hydrogens (tertiary/aromatic N) is 3. The number of aromatic nitrogens is 3. The summed E-state index contributed by atoms with van der Waals surface area (Å²) in [7, 11) is 0. The van der Waals surface area contributed by atoms with Crippen molar-refractivity contribution in [1.29, 1.82) is 0 Å². The van der Waals surface area contributed by atoms with Crippen molar-refractivity contribution in [2.24, 2.45) is 0 Å². The van der Waals surface area contributed by atoms with Crippen LogP contribution < -0.4 is 5.63 Å².